The van der Waals surface area contributed by atoms with Crippen LogP contribution in [-0.4, -0.2) is 20.6 Å². The first-order valence-corrected chi connectivity index (χ1v) is 9.83. The predicted octanol–water partition coefficient (Wildman–Crippen LogP) is 5.38. The molecule has 1 aromatic carbocycles. The maximum atomic E-state index is 13.8. The molecule has 0 radical (unpaired) electrons. The van der Waals surface area contributed by atoms with Crippen LogP contribution in [0.25, 0.3) is 11.0 Å². The molecule has 0 spiro atoms. The third kappa shape index (κ3) is 4.57. The molecule has 1 amide bonds. The van der Waals surface area contributed by atoms with Gasteiger partial charge in [0, 0.05) is 12.5 Å². The van der Waals surface area contributed by atoms with Gasteiger partial charge in [0.1, 0.15) is 5.52 Å². The minimum Gasteiger partial charge on any atom is -0.386 e. The Bertz CT molecular complexity index is 930. The van der Waals surface area contributed by atoms with Gasteiger partial charge in [0.2, 0.25) is 11.9 Å². The smallest absolute Gasteiger partial charge is 0.386 e. The molecule has 2 N–H and O–H groups in total. The number of imidazole rings is 1. The fourth-order valence-electron chi connectivity index (χ4n) is 3.52. The summed E-state index contributed by atoms with van der Waals surface area (Å²) < 4.78 is 43.1. The molecule has 0 atom stereocenters. The van der Waals surface area contributed by atoms with Gasteiger partial charge in [-0.3, -0.25) is 10.1 Å². The van der Waals surface area contributed by atoms with E-state index in [0.717, 1.165) is 25.3 Å². The number of amides is 1. The normalized spacial score (nSPS) is 16.2. The van der Waals surface area contributed by atoms with Crippen LogP contribution < -0.4 is 5.32 Å². The van der Waals surface area contributed by atoms with Crippen LogP contribution in [0.3, 0.4) is 0 Å². The van der Waals surface area contributed by atoms with E-state index in [2.05, 4.69) is 10.3 Å². The molecule has 0 bridgehead atoms. The van der Waals surface area contributed by atoms with E-state index in [1.165, 1.54) is 13.8 Å². The van der Waals surface area contributed by atoms with Gasteiger partial charge in [0.15, 0.2) is 0 Å². The molecule has 160 valence electrons. The molecule has 0 unspecified atom stereocenters. The number of benzene rings is 1. The third-order valence-corrected chi connectivity index (χ3v) is 5.19. The van der Waals surface area contributed by atoms with E-state index in [4.69, 9.17) is 0 Å². The van der Waals surface area contributed by atoms with Crippen LogP contribution in [0.2, 0.25) is 0 Å². The number of alkyl halides is 3. The molecular weight excluding hydrogens is 383 g/mol. The summed E-state index contributed by atoms with van der Waals surface area (Å²) >= 11 is 0. The van der Waals surface area contributed by atoms with Crippen molar-refractivity contribution in [1.82, 2.24) is 9.55 Å². The Labute approximate surface area is 168 Å². The molecule has 1 saturated carbocycles. The van der Waals surface area contributed by atoms with Crippen LogP contribution in [0, 0.1) is 5.41 Å². The first kappa shape index (κ1) is 21.6. The van der Waals surface area contributed by atoms with E-state index >= 15 is 0 Å². The number of nitrogens with zero attached hydrogens (tertiary/aromatic N) is 2. The third-order valence-electron chi connectivity index (χ3n) is 5.19. The van der Waals surface area contributed by atoms with E-state index in [9.17, 15) is 23.1 Å². The zero-order valence-corrected chi connectivity index (χ0v) is 17.4. The number of rotatable bonds is 4. The Balaban J connectivity index is 2.20. The van der Waals surface area contributed by atoms with E-state index < -0.39 is 17.3 Å². The number of hydrogen-bond donors (Lipinski definition) is 2. The van der Waals surface area contributed by atoms with Crippen molar-refractivity contribution in [2.24, 2.45) is 5.41 Å². The van der Waals surface area contributed by atoms with Crippen LogP contribution in [-0.2, 0) is 16.6 Å². The van der Waals surface area contributed by atoms with Gasteiger partial charge in [0.25, 0.3) is 0 Å². The molecular formula is C21H28F3N3O2. The highest BCUT2D eigenvalue weighted by Gasteiger charge is 2.38. The average molecular weight is 411 g/mol. The molecule has 1 aromatic heterocycles. The highest BCUT2D eigenvalue weighted by Crippen LogP contribution is 2.42. The standard InChI is InChI=1S/C21H28F3N3O2/c1-19(2,3)11-16(28)25-18-26-17-14(21(22,23)24)9-12(20(4,5)29)10-15(17)27(18)13-7-6-8-13/h9-10,13,29H,6-8,11H2,1-5H3,(H,25,26,28). The Kier molecular flexibility index (Phi) is 5.22. The second kappa shape index (κ2) is 7.00. The Hall–Kier alpha value is -2.09. The van der Waals surface area contributed by atoms with Crippen molar-refractivity contribution in [1.29, 1.82) is 0 Å². The summed E-state index contributed by atoms with van der Waals surface area (Å²) in [7, 11) is 0. The quantitative estimate of drug-likeness (QED) is 0.710. The first-order valence-electron chi connectivity index (χ1n) is 9.83. The largest absolute Gasteiger partial charge is 0.418 e. The minimum absolute atomic E-state index is 0.0249. The summed E-state index contributed by atoms with van der Waals surface area (Å²) in [5.41, 5.74) is -2.38. The molecule has 3 rings (SSSR count). The highest BCUT2D eigenvalue weighted by molar-refractivity contribution is 5.93. The zero-order chi connectivity index (χ0) is 21.8. The second-order valence-electron chi connectivity index (χ2n) is 9.62. The number of carbonyl (C=O) groups is 1. The lowest BCUT2D eigenvalue weighted by atomic mass is 9.91. The number of fused-ring (bicyclic) bond motifs is 1. The van der Waals surface area contributed by atoms with Gasteiger partial charge in [-0.1, -0.05) is 20.8 Å². The van der Waals surface area contributed by atoms with Gasteiger partial charge in [-0.15, -0.1) is 0 Å². The molecule has 5 nitrogen and oxygen atoms in total. The zero-order valence-electron chi connectivity index (χ0n) is 17.4. The van der Waals surface area contributed by atoms with E-state index in [1.54, 1.807) is 10.6 Å². The minimum atomic E-state index is -4.63. The lowest BCUT2D eigenvalue weighted by Crippen LogP contribution is -2.24. The summed E-state index contributed by atoms with van der Waals surface area (Å²) in [5, 5.41) is 13.1. The summed E-state index contributed by atoms with van der Waals surface area (Å²) in [6, 6.07) is 2.47. The molecule has 1 fully saturated rings. The number of hydrogen-bond acceptors (Lipinski definition) is 3. The number of nitrogens with one attached hydrogen (secondary N) is 1. The fraction of sp³-hybridized carbons (Fsp3) is 0.619. The molecule has 0 saturated heterocycles. The first-order chi connectivity index (χ1) is 13.2. The van der Waals surface area contributed by atoms with Crippen molar-refractivity contribution in [2.45, 2.75) is 78.1 Å². The molecule has 1 aliphatic carbocycles. The second-order valence-corrected chi connectivity index (χ2v) is 9.62. The van der Waals surface area contributed by atoms with Crippen molar-refractivity contribution >= 4 is 22.9 Å². The molecule has 1 heterocycles. The number of halogens is 3. The number of carbonyl (C=O) groups excluding carboxylic acids is 1. The summed E-state index contributed by atoms with van der Waals surface area (Å²) in [6.45, 7) is 8.64. The monoisotopic (exact) mass is 411 g/mol. The van der Waals surface area contributed by atoms with Gasteiger partial charge in [-0.05, 0) is 56.2 Å². The van der Waals surface area contributed by atoms with Gasteiger partial charge in [0.05, 0.1) is 16.7 Å². The van der Waals surface area contributed by atoms with Crippen LogP contribution in [0.15, 0.2) is 12.1 Å². The average Bonchev–Trinajstić information content (AvgIpc) is 2.78. The number of aromatic nitrogens is 2. The van der Waals surface area contributed by atoms with Crippen molar-refractivity contribution in [3.8, 4) is 0 Å². The van der Waals surface area contributed by atoms with Crippen LogP contribution in [0.1, 0.15) is 77.5 Å². The van der Waals surface area contributed by atoms with Crippen LogP contribution in [0.4, 0.5) is 19.1 Å². The lowest BCUT2D eigenvalue weighted by molar-refractivity contribution is -0.136. The van der Waals surface area contributed by atoms with Crippen molar-refractivity contribution in [3.63, 3.8) is 0 Å². The van der Waals surface area contributed by atoms with Gasteiger partial charge in [-0.25, -0.2) is 4.98 Å². The van der Waals surface area contributed by atoms with Crippen molar-refractivity contribution < 1.29 is 23.1 Å². The predicted molar refractivity (Wildman–Crippen MR) is 106 cm³/mol. The van der Waals surface area contributed by atoms with Crippen molar-refractivity contribution in [3.05, 3.63) is 23.3 Å². The molecule has 2 aromatic rings. The molecule has 29 heavy (non-hydrogen) atoms. The summed E-state index contributed by atoms with van der Waals surface area (Å²) in [6.07, 6.45) is -1.83. The fourth-order valence-corrected chi connectivity index (χ4v) is 3.52. The Morgan fingerprint density at radius 2 is 1.83 bits per heavy atom. The maximum absolute atomic E-state index is 13.8. The molecule has 8 heteroatoms. The Morgan fingerprint density at radius 3 is 2.28 bits per heavy atom. The lowest BCUT2D eigenvalue weighted by Gasteiger charge is -2.30. The van der Waals surface area contributed by atoms with E-state index in [0.29, 0.717) is 0 Å². The van der Waals surface area contributed by atoms with Gasteiger partial charge >= 0.3 is 6.18 Å². The van der Waals surface area contributed by atoms with Crippen LogP contribution >= 0.6 is 0 Å². The number of anilines is 1. The summed E-state index contributed by atoms with van der Waals surface area (Å²) in [4.78, 5) is 16.7. The van der Waals surface area contributed by atoms with Crippen molar-refractivity contribution in [2.75, 3.05) is 5.32 Å². The van der Waals surface area contributed by atoms with Crippen LogP contribution in [0.5, 0.6) is 0 Å². The topological polar surface area (TPSA) is 67.2 Å². The number of aliphatic hydroxyl groups is 1. The molecule has 1 aliphatic rings. The highest BCUT2D eigenvalue weighted by atomic mass is 19.4. The maximum Gasteiger partial charge on any atom is 0.418 e. The van der Waals surface area contributed by atoms with Gasteiger partial charge in [-0.2, -0.15) is 13.2 Å². The van der Waals surface area contributed by atoms with E-state index in [1.807, 2.05) is 20.8 Å². The van der Waals surface area contributed by atoms with E-state index in [-0.39, 0.29) is 46.3 Å². The molecule has 0 aliphatic heterocycles. The van der Waals surface area contributed by atoms with Gasteiger partial charge < -0.3 is 9.67 Å². The SMILES string of the molecule is CC(C)(C)CC(=O)Nc1nc2c(C(F)(F)F)cc(C(C)(C)O)cc2n1C1CCC1. The summed E-state index contributed by atoms with van der Waals surface area (Å²) in [5.74, 6) is -0.151. The Morgan fingerprint density at radius 1 is 1.21 bits per heavy atom.